The van der Waals surface area contributed by atoms with E-state index in [4.69, 9.17) is 14.5 Å². The van der Waals surface area contributed by atoms with E-state index in [1.54, 1.807) is 22.3 Å². The molecule has 0 saturated carbocycles. The van der Waals surface area contributed by atoms with Crippen LogP contribution in [0.2, 0.25) is 0 Å². The minimum atomic E-state index is -0.0962. The quantitative estimate of drug-likeness (QED) is 0.318. The fourth-order valence-electron chi connectivity index (χ4n) is 4.11. The molecule has 3 aromatic carbocycles. The Kier molecular flexibility index (Phi) is 6.37. The lowest BCUT2D eigenvalue weighted by molar-refractivity contribution is 0.0917. The maximum Gasteiger partial charge on any atom is 0.260 e. The molecule has 0 N–H and O–H groups in total. The summed E-state index contributed by atoms with van der Waals surface area (Å²) in [5, 5.41) is 0.709. The molecule has 1 atom stereocenters. The van der Waals surface area contributed by atoms with Gasteiger partial charge in [0, 0.05) is 12.2 Å². The Balaban J connectivity index is 1.48. The minimum Gasteiger partial charge on any atom is -0.457 e. The second kappa shape index (κ2) is 9.73. The fourth-order valence-corrected chi connectivity index (χ4v) is 5.13. The first-order chi connectivity index (χ1) is 16.2. The topological polar surface area (TPSA) is 51.7 Å². The molecule has 6 heteroatoms. The van der Waals surface area contributed by atoms with Gasteiger partial charge in [-0.15, -0.1) is 0 Å². The zero-order valence-corrected chi connectivity index (χ0v) is 19.4. The molecule has 5 nitrogen and oxygen atoms in total. The molecular formula is C27H26N2O3S. The van der Waals surface area contributed by atoms with Crippen LogP contribution in [0.4, 0.5) is 5.13 Å². The average molecular weight is 459 g/mol. The van der Waals surface area contributed by atoms with E-state index in [1.807, 2.05) is 48.5 Å². The van der Waals surface area contributed by atoms with Crippen LogP contribution in [-0.2, 0) is 11.2 Å². The molecule has 1 amide bonds. The Labute approximate surface area is 197 Å². The van der Waals surface area contributed by atoms with Crippen molar-refractivity contribution in [3.8, 4) is 11.5 Å². The van der Waals surface area contributed by atoms with Crippen LogP contribution in [0.15, 0.2) is 72.8 Å². The van der Waals surface area contributed by atoms with Crippen molar-refractivity contribution in [1.82, 2.24) is 4.98 Å². The van der Waals surface area contributed by atoms with Gasteiger partial charge in [-0.2, -0.15) is 0 Å². The lowest BCUT2D eigenvalue weighted by atomic mass is 10.1. The number of para-hydroxylation sites is 2. The van der Waals surface area contributed by atoms with Crippen LogP contribution in [0.25, 0.3) is 10.2 Å². The Hall–Kier alpha value is -3.22. The Morgan fingerprint density at radius 1 is 1.09 bits per heavy atom. The van der Waals surface area contributed by atoms with Crippen LogP contribution < -0.4 is 9.64 Å². The highest BCUT2D eigenvalue weighted by atomic mass is 32.1. The fraction of sp³-hybridized carbons (Fsp3) is 0.259. The SMILES string of the molecule is CCc1cccc2sc(N(CC3CCCO3)C(=O)c3cccc(Oc4ccccc4)c3)nc12. The Bertz CT molecular complexity index is 1250. The van der Waals surface area contributed by atoms with Crippen LogP contribution in [0.1, 0.15) is 35.7 Å². The monoisotopic (exact) mass is 458 g/mol. The van der Waals surface area contributed by atoms with E-state index in [1.165, 1.54) is 5.56 Å². The van der Waals surface area contributed by atoms with Gasteiger partial charge in [0.1, 0.15) is 11.5 Å². The van der Waals surface area contributed by atoms with Crippen molar-refractivity contribution >= 4 is 32.6 Å². The van der Waals surface area contributed by atoms with E-state index in [2.05, 4.69) is 25.1 Å². The molecule has 1 aromatic heterocycles. The zero-order chi connectivity index (χ0) is 22.6. The van der Waals surface area contributed by atoms with E-state index in [-0.39, 0.29) is 12.0 Å². The Morgan fingerprint density at radius 2 is 1.91 bits per heavy atom. The molecule has 0 spiro atoms. The molecule has 1 unspecified atom stereocenters. The molecule has 1 saturated heterocycles. The number of amides is 1. The number of aromatic nitrogens is 1. The molecule has 2 heterocycles. The van der Waals surface area contributed by atoms with E-state index >= 15 is 0 Å². The predicted molar refractivity (Wildman–Crippen MR) is 133 cm³/mol. The number of rotatable bonds is 7. The van der Waals surface area contributed by atoms with E-state index in [0.29, 0.717) is 23.0 Å². The first-order valence-corrected chi connectivity index (χ1v) is 12.2. The molecule has 1 aliphatic heterocycles. The summed E-state index contributed by atoms with van der Waals surface area (Å²) in [7, 11) is 0. The third-order valence-electron chi connectivity index (χ3n) is 5.82. The number of ether oxygens (including phenoxy) is 2. The van der Waals surface area contributed by atoms with Gasteiger partial charge in [-0.3, -0.25) is 9.69 Å². The van der Waals surface area contributed by atoms with Gasteiger partial charge in [-0.05, 0) is 61.2 Å². The number of fused-ring (bicyclic) bond motifs is 1. The van der Waals surface area contributed by atoms with Crippen molar-refractivity contribution < 1.29 is 14.3 Å². The summed E-state index contributed by atoms with van der Waals surface area (Å²) in [6.07, 6.45) is 2.90. The second-order valence-corrected chi connectivity index (χ2v) is 9.12. The van der Waals surface area contributed by atoms with Crippen molar-refractivity contribution in [2.75, 3.05) is 18.1 Å². The van der Waals surface area contributed by atoms with Gasteiger partial charge >= 0.3 is 0 Å². The maximum absolute atomic E-state index is 13.8. The van der Waals surface area contributed by atoms with E-state index in [0.717, 1.165) is 41.8 Å². The van der Waals surface area contributed by atoms with E-state index < -0.39 is 0 Å². The van der Waals surface area contributed by atoms with Gasteiger partial charge in [0.25, 0.3) is 5.91 Å². The van der Waals surface area contributed by atoms with Crippen molar-refractivity contribution in [3.05, 3.63) is 83.9 Å². The third kappa shape index (κ3) is 4.77. The minimum absolute atomic E-state index is 0.0235. The molecule has 5 rings (SSSR count). The lowest BCUT2D eigenvalue weighted by Gasteiger charge is -2.23. The number of hydrogen-bond acceptors (Lipinski definition) is 5. The van der Waals surface area contributed by atoms with Gasteiger partial charge in [0.2, 0.25) is 0 Å². The summed E-state index contributed by atoms with van der Waals surface area (Å²) >= 11 is 1.56. The largest absolute Gasteiger partial charge is 0.457 e. The molecule has 0 bridgehead atoms. The second-order valence-electron chi connectivity index (χ2n) is 8.11. The summed E-state index contributed by atoms with van der Waals surface area (Å²) in [6, 6.07) is 23.1. The number of anilines is 1. The van der Waals surface area contributed by atoms with Gasteiger partial charge in [0.05, 0.1) is 22.9 Å². The summed E-state index contributed by atoms with van der Waals surface area (Å²) < 4.78 is 12.9. The number of benzene rings is 3. The Morgan fingerprint density at radius 3 is 2.70 bits per heavy atom. The van der Waals surface area contributed by atoms with Crippen molar-refractivity contribution in [2.24, 2.45) is 0 Å². The molecule has 4 aromatic rings. The van der Waals surface area contributed by atoms with Gasteiger partial charge in [0.15, 0.2) is 5.13 Å². The molecule has 0 aliphatic carbocycles. The summed E-state index contributed by atoms with van der Waals surface area (Å²) in [6.45, 7) is 3.36. The van der Waals surface area contributed by atoms with Gasteiger partial charge in [-0.1, -0.05) is 54.7 Å². The molecular weight excluding hydrogens is 432 g/mol. The van der Waals surface area contributed by atoms with Crippen molar-refractivity contribution in [1.29, 1.82) is 0 Å². The first-order valence-electron chi connectivity index (χ1n) is 11.4. The average Bonchev–Trinajstić information content (AvgIpc) is 3.52. The number of carbonyl (C=O) groups is 1. The molecule has 0 radical (unpaired) electrons. The van der Waals surface area contributed by atoms with Crippen molar-refractivity contribution in [3.63, 3.8) is 0 Å². The number of hydrogen-bond donors (Lipinski definition) is 0. The third-order valence-corrected chi connectivity index (χ3v) is 6.86. The highest BCUT2D eigenvalue weighted by Crippen LogP contribution is 2.33. The molecule has 168 valence electrons. The smallest absolute Gasteiger partial charge is 0.260 e. The molecule has 1 aliphatic rings. The number of carbonyl (C=O) groups excluding carboxylic acids is 1. The maximum atomic E-state index is 13.8. The highest BCUT2D eigenvalue weighted by Gasteiger charge is 2.27. The van der Waals surface area contributed by atoms with Crippen molar-refractivity contribution in [2.45, 2.75) is 32.3 Å². The normalized spacial score (nSPS) is 15.6. The number of aryl methyl sites for hydroxylation is 1. The van der Waals surface area contributed by atoms with Crippen LogP contribution >= 0.6 is 11.3 Å². The summed E-state index contributed by atoms with van der Waals surface area (Å²) in [5.41, 5.74) is 2.74. The lowest BCUT2D eigenvalue weighted by Crippen LogP contribution is -2.37. The predicted octanol–water partition coefficient (Wildman–Crippen LogP) is 6.48. The zero-order valence-electron chi connectivity index (χ0n) is 18.6. The summed E-state index contributed by atoms with van der Waals surface area (Å²) in [5.74, 6) is 1.26. The van der Waals surface area contributed by atoms with Crippen LogP contribution in [-0.4, -0.2) is 30.1 Å². The summed E-state index contributed by atoms with van der Waals surface area (Å²) in [4.78, 5) is 20.4. The van der Waals surface area contributed by atoms with Crippen LogP contribution in [0, 0.1) is 0 Å². The van der Waals surface area contributed by atoms with Crippen LogP contribution in [0.3, 0.4) is 0 Å². The van der Waals surface area contributed by atoms with E-state index in [9.17, 15) is 4.79 Å². The number of thiazole rings is 1. The molecule has 1 fully saturated rings. The standard InChI is InChI=1S/C27H26N2O3S/c1-2-19-9-7-15-24-25(19)28-27(33-24)29(18-23-14-8-16-31-23)26(30)20-10-6-13-22(17-20)32-21-11-4-3-5-12-21/h3-7,9-13,15,17,23H,2,8,14,16,18H2,1H3. The molecule has 33 heavy (non-hydrogen) atoms. The van der Waals surface area contributed by atoms with Gasteiger partial charge < -0.3 is 9.47 Å². The van der Waals surface area contributed by atoms with Crippen LogP contribution in [0.5, 0.6) is 11.5 Å². The number of nitrogens with zero attached hydrogens (tertiary/aromatic N) is 2. The highest BCUT2D eigenvalue weighted by molar-refractivity contribution is 7.22. The van der Waals surface area contributed by atoms with Gasteiger partial charge in [-0.25, -0.2) is 4.98 Å². The first kappa shape index (κ1) is 21.6.